The highest BCUT2D eigenvalue weighted by atomic mass is 35.5. The summed E-state index contributed by atoms with van der Waals surface area (Å²) in [5.41, 5.74) is 1.76. The van der Waals surface area contributed by atoms with E-state index in [1.54, 1.807) is 13.0 Å². The van der Waals surface area contributed by atoms with Crippen molar-refractivity contribution in [3.8, 4) is 0 Å². The molecule has 2 rings (SSSR count). The topological polar surface area (TPSA) is 37.8 Å². The number of benzene rings is 1. The summed E-state index contributed by atoms with van der Waals surface area (Å²) in [6.45, 7) is 5.68. The first kappa shape index (κ1) is 15.4. The highest BCUT2D eigenvalue weighted by Crippen LogP contribution is 2.29. The summed E-state index contributed by atoms with van der Waals surface area (Å²) < 4.78 is 0. The molecule has 0 saturated carbocycles. The van der Waals surface area contributed by atoms with Gasteiger partial charge in [0.05, 0.1) is 6.04 Å². The van der Waals surface area contributed by atoms with E-state index in [4.69, 9.17) is 34.8 Å². The lowest BCUT2D eigenvalue weighted by Crippen LogP contribution is -2.11. The summed E-state index contributed by atoms with van der Waals surface area (Å²) >= 11 is 18.2. The second-order valence-corrected chi connectivity index (χ2v) is 5.77. The van der Waals surface area contributed by atoms with E-state index in [9.17, 15) is 0 Å². The molecule has 1 heterocycles. The largest absolute Gasteiger partial charge is 0.363 e. The fourth-order valence-electron chi connectivity index (χ4n) is 1.87. The Morgan fingerprint density at radius 2 is 1.80 bits per heavy atom. The number of aromatic nitrogens is 2. The second-order valence-electron chi connectivity index (χ2n) is 4.57. The van der Waals surface area contributed by atoms with E-state index in [2.05, 4.69) is 15.3 Å². The van der Waals surface area contributed by atoms with Crippen LogP contribution in [0.4, 0.5) is 5.82 Å². The average Bonchev–Trinajstić information content (AvgIpc) is 2.35. The Morgan fingerprint density at radius 3 is 2.45 bits per heavy atom. The molecule has 106 valence electrons. The first-order valence-corrected chi connectivity index (χ1v) is 7.24. The van der Waals surface area contributed by atoms with Gasteiger partial charge in [0.15, 0.2) is 0 Å². The molecule has 0 saturated heterocycles. The van der Waals surface area contributed by atoms with Crippen molar-refractivity contribution in [1.82, 2.24) is 9.97 Å². The van der Waals surface area contributed by atoms with Gasteiger partial charge in [0.25, 0.3) is 0 Å². The van der Waals surface area contributed by atoms with Crippen LogP contribution in [0.25, 0.3) is 0 Å². The fourth-order valence-corrected chi connectivity index (χ4v) is 2.65. The van der Waals surface area contributed by atoms with Gasteiger partial charge in [-0.2, -0.15) is 0 Å². The van der Waals surface area contributed by atoms with Gasteiger partial charge in [0, 0.05) is 15.6 Å². The van der Waals surface area contributed by atoms with Gasteiger partial charge >= 0.3 is 0 Å². The van der Waals surface area contributed by atoms with Crippen LogP contribution in [0, 0.1) is 13.8 Å². The van der Waals surface area contributed by atoms with Crippen molar-refractivity contribution in [2.24, 2.45) is 0 Å². The molecule has 0 aliphatic heterocycles. The molecule has 1 N–H and O–H groups in total. The normalized spacial score (nSPS) is 12.3. The maximum absolute atomic E-state index is 6.21. The van der Waals surface area contributed by atoms with Crippen LogP contribution in [0.1, 0.15) is 29.9 Å². The van der Waals surface area contributed by atoms with Gasteiger partial charge in [-0.05, 0) is 38.5 Å². The molecule has 1 aromatic heterocycles. The van der Waals surface area contributed by atoms with Crippen LogP contribution in [0.2, 0.25) is 15.2 Å². The number of anilines is 1. The number of halogens is 3. The minimum atomic E-state index is -0.0242. The molecule has 0 spiro atoms. The molecule has 0 bridgehead atoms. The van der Waals surface area contributed by atoms with Gasteiger partial charge < -0.3 is 5.32 Å². The van der Waals surface area contributed by atoms with Gasteiger partial charge in [0.1, 0.15) is 16.8 Å². The minimum absolute atomic E-state index is 0.0242. The molecule has 3 nitrogen and oxygen atoms in total. The predicted molar refractivity (Wildman–Crippen MR) is 85.0 cm³/mol. The Bertz CT molecular complexity index is 644. The van der Waals surface area contributed by atoms with Gasteiger partial charge in [-0.25, -0.2) is 9.97 Å². The summed E-state index contributed by atoms with van der Waals surface area (Å²) in [5.74, 6) is 1.33. The van der Waals surface area contributed by atoms with Crippen molar-refractivity contribution in [2.75, 3.05) is 5.32 Å². The molecule has 6 heteroatoms. The van der Waals surface area contributed by atoms with E-state index in [0.29, 0.717) is 26.8 Å². The third kappa shape index (κ3) is 3.35. The summed E-state index contributed by atoms with van der Waals surface area (Å²) in [6, 6.07) is 5.41. The lowest BCUT2D eigenvalue weighted by molar-refractivity contribution is 0.862. The maximum atomic E-state index is 6.21. The van der Waals surface area contributed by atoms with E-state index in [1.165, 1.54) is 0 Å². The van der Waals surface area contributed by atoms with Crippen LogP contribution in [0.3, 0.4) is 0 Å². The third-order valence-corrected chi connectivity index (χ3v) is 3.91. The highest BCUT2D eigenvalue weighted by Gasteiger charge is 2.14. The van der Waals surface area contributed by atoms with Gasteiger partial charge in [-0.15, -0.1) is 0 Å². The quantitative estimate of drug-likeness (QED) is 0.783. The number of hydrogen-bond acceptors (Lipinski definition) is 3. The Hall–Kier alpha value is -1.03. The van der Waals surface area contributed by atoms with Crippen LogP contribution >= 0.6 is 34.8 Å². The van der Waals surface area contributed by atoms with Crippen LogP contribution in [-0.4, -0.2) is 9.97 Å². The Labute approximate surface area is 133 Å². The third-order valence-electron chi connectivity index (χ3n) is 2.98. The average molecular weight is 331 g/mol. The standard InChI is InChI=1S/C14H14Cl3N3/c1-7-13(17)19-9(3)20-14(7)18-8(2)11-5-4-10(15)6-12(11)16/h4-6,8H,1-3H3,(H,18,19,20). The Kier molecular flexibility index (Phi) is 4.74. The van der Waals surface area contributed by atoms with E-state index < -0.39 is 0 Å². The molecule has 0 aliphatic rings. The van der Waals surface area contributed by atoms with Gasteiger partial charge in [-0.3, -0.25) is 0 Å². The molecule has 0 fully saturated rings. The Morgan fingerprint density at radius 1 is 1.10 bits per heavy atom. The SMILES string of the molecule is Cc1nc(Cl)c(C)c(NC(C)c2ccc(Cl)cc2Cl)n1. The van der Waals surface area contributed by atoms with E-state index in [0.717, 1.165) is 11.1 Å². The first-order chi connectivity index (χ1) is 9.38. The minimum Gasteiger partial charge on any atom is -0.363 e. The van der Waals surface area contributed by atoms with E-state index >= 15 is 0 Å². The zero-order chi connectivity index (χ0) is 14.9. The van der Waals surface area contributed by atoms with Crippen molar-refractivity contribution in [3.63, 3.8) is 0 Å². The molecular formula is C14H14Cl3N3. The molecule has 0 amide bonds. The van der Waals surface area contributed by atoms with Crippen LogP contribution in [0.15, 0.2) is 18.2 Å². The number of aryl methyl sites for hydroxylation is 1. The molecule has 1 aromatic carbocycles. The van der Waals surface area contributed by atoms with Crippen molar-refractivity contribution in [3.05, 3.63) is 50.3 Å². The fraction of sp³-hybridized carbons (Fsp3) is 0.286. The van der Waals surface area contributed by atoms with Crippen molar-refractivity contribution >= 4 is 40.6 Å². The summed E-state index contributed by atoms with van der Waals surface area (Å²) in [6.07, 6.45) is 0. The molecule has 0 aliphatic carbocycles. The van der Waals surface area contributed by atoms with Gasteiger partial charge in [-0.1, -0.05) is 40.9 Å². The van der Waals surface area contributed by atoms with Crippen LogP contribution in [0.5, 0.6) is 0 Å². The molecular weight excluding hydrogens is 317 g/mol. The van der Waals surface area contributed by atoms with Crippen LogP contribution in [-0.2, 0) is 0 Å². The van der Waals surface area contributed by atoms with Crippen molar-refractivity contribution < 1.29 is 0 Å². The Balaban J connectivity index is 2.30. The molecule has 1 unspecified atom stereocenters. The highest BCUT2D eigenvalue weighted by molar-refractivity contribution is 6.35. The zero-order valence-corrected chi connectivity index (χ0v) is 13.6. The van der Waals surface area contributed by atoms with E-state index in [-0.39, 0.29) is 6.04 Å². The van der Waals surface area contributed by atoms with E-state index in [1.807, 2.05) is 26.0 Å². The second kappa shape index (κ2) is 6.17. The monoisotopic (exact) mass is 329 g/mol. The van der Waals surface area contributed by atoms with Crippen molar-refractivity contribution in [2.45, 2.75) is 26.8 Å². The maximum Gasteiger partial charge on any atom is 0.137 e. The molecule has 2 aromatic rings. The number of hydrogen-bond donors (Lipinski definition) is 1. The summed E-state index contributed by atoms with van der Waals surface area (Å²) in [5, 5.41) is 4.99. The molecule has 20 heavy (non-hydrogen) atoms. The lowest BCUT2D eigenvalue weighted by atomic mass is 10.1. The molecule has 0 radical (unpaired) electrons. The molecule has 1 atom stereocenters. The van der Waals surface area contributed by atoms with Crippen LogP contribution < -0.4 is 5.32 Å². The first-order valence-electron chi connectivity index (χ1n) is 6.10. The zero-order valence-electron chi connectivity index (χ0n) is 11.3. The smallest absolute Gasteiger partial charge is 0.137 e. The number of nitrogens with zero attached hydrogens (tertiary/aromatic N) is 2. The number of rotatable bonds is 3. The van der Waals surface area contributed by atoms with Crippen molar-refractivity contribution in [1.29, 1.82) is 0 Å². The summed E-state index contributed by atoms with van der Waals surface area (Å²) in [7, 11) is 0. The number of nitrogens with one attached hydrogen (secondary N) is 1. The lowest BCUT2D eigenvalue weighted by Gasteiger charge is -2.18. The van der Waals surface area contributed by atoms with Gasteiger partial charge in [0.2, 0.25) is 0 Å². The predicted octanol–water partition coefficient (Wildman–Crippen LogP) is 5.23. The summed E-state index contributed by atoms with van der Waals surface area (Å²) in [4.78, 5) is 8.48.